The van der Waals surface area contributed by atoms with Crippen LogP contribution in [0.3, 0.4) is 0 Å². The smallest absolute Gasteiger partial charge is 0.294 e. The minimum absolute atomic E-state index is 0.0425. The minimum atomic E-state index is -3.57. The molecule has 4 rings (SSSR count). The molecule has 0 aromatic heterocycles. The molecule has 0 fully saturated rings. The number of carbonyl (C=O) groups is 1. The van der Waals surface area contributed by atoms with E-state index in [1.54, 1.807) is 19.1 Å². The Morgan fingerprint density at radius 3 is 2.32 bits per heavy atom. The number of anilines is 2. The minimum Gasteiger partial charge on any atom is -0.294 e. The van der Waals surface area contributed by atoms with E-state index in [9.17, 15) is 26.4 Å². The van der Waals surface area contributed by atoms with Crippen molar-refractivity contribution in [2.75, 3.05) is 22.6 Å². The van der Waals surface area contributed by atoms with Crippen LogP contribution in [0.5, 0.6) is 0 Å². The second-order valence-corrected chi connectivity index (χ2v) is 11.0. The highest BCUT2D eigenvalue weighted by Crippen LogP contribution is 2.34. The maximum absolute atomic E-state index is 14.7. The first-order chi connectivity index (χ1) is 16.0. The van der Waals surface area contributed by atoms with E-state index in [0.29, 0.717) is 5.56 Å². The number of nitrogens with zero attached hydrogens (tertiary/aromatic N) is 2. The number of aryl methyl sites for hydroxylation is 1. The van der Waals surface area contributed by atoms with Gasteiger partial charge in [-0.1, -0.05) is 28.1 Å². The van der Waals surface area contributed by atoms with Crippen LogP contribution in [0, 0.1) is 24.4 Å². The Balaban J connectivity index is 1.84. The number of hydrogen-bond donors (Lipinski definition) is 0. The molecule has 0 saturated carbocycles. The molecule has 3 aromatic carbocycles. The van der Waals surface area contributed by atoms with E-state index in [-0.39, 0.29) is 44.8 Å². The lowest BCUT2D eigenvalue weighted by Crippen LogP contribution is -2.42. The average Bonchev–Trinajstić information content (AvgIpc) is 2.88. The van der Waals surface area contributed by atoms with Crippen LogP contribution in [0.15, 0.2) is 57.9 Å². The van der Waals surface area contributed by atoms with Gasteiger partial charge in [0.15, 0.2) is 9.84 Å². The molecule has 0 unspecified atom stereocenters. The first-order valence-electron chi connectivity index (χ1n) is 10.3. The zero-order chi connectivity index (χ0) is 24.8. The van der Waals surface area contributed by atoms with Crippen molar-refractivity contribution in [2.24, 2.45) is 0 Å². The van der Waals surface area contributed by atoms with Crippen LogP contribution in [-0.4, -0.2) is 27.2 Å². The van der Waals surface area contributed by atoms with Gasteiger partial charge in [-0.3, -0.25) is 9.80 Å². The molecule has 0 aliphatic carbocycles. The molecule has 0 N–H and O–H groups in total. The maximum Gasteiger partial charge on any atom is 0.329 e. The Bertz CT molecular complexity index is 1390. The Hall–Kier alpha value is -2.85. The van der Waals surface area contributed by atoms with Gasteiger partial charge in [-0.05, 0) is 55.3 Å². The monoisotopic (exact) mass is 552 g/mol. The highest BCUT2D eigenvalue weighted by Gasteiger charge is 2.32. The molecule has 0 saturated heterocycles. The fourth-order valence-corrected chi connectivity index (χ4v) is 5.44. The highest BCUT2D eigenvalue weighted by atomic mass is 79.9. The van der Waals surface area contributed by atoms with Crippen LogP contribution >= 0.6 is 15.9 Å². The van der Waals surface area contributed by atoms with Gasteiger partial charge < -0.3 is 0 Å². The fraction of sp³-hybridized carbons (Fsp3) is 0.208. The standard InChI is InChI=1S/C24H20BrF3N2O3S/c1-14-6-7-16(12-23(14)34(2,32)33)29-9-8-17-19(26)4-3-5-22(17)30(24(29)31)13-18-20(27)10-15(25)11-21(18)28/h3-7,10-12H,8-9,13H2,1-2H3. The Labute approximate surface area is 203 Å². The lowest BCUT2D eigenvalue weighted by atomic mass is 10.1. The van der Waals surface area contributed by atoms with Gasteiger partial charge in [-0.15, -0.1) is 0 Å². The third-order valence-electron chi connectivity index (χ3n) is 5.74. The molecule has 0 radical (unpaired) electrons. The summed E-state index contributed by atoms with van der Waals surface area (Å²) >= 11 is 3.03. The quantitative estimate of drug-likeness (QED) is 0.413. The van der Waals surface area contributed by atoms with Gasteiger partial charge in [-0.25, -0.2) is 26.4 Å². The van der Waals surface area contributed by atoms with Crippen LogP contribution in [0.2, 0.25) is 0 Å². The number of rotatable bonds is 4. The third kappa shape index (κ3) is 4.56. The van der Waals surface area contributed by atoms with Crippen LogP contribution in [0.1, 0.15) is 16.7 Å². The number of sulfone groups is 1. The molecular weight excluding hydrogens is 533 g/mol. The van der Waals surface area contributed by atoms with Crippen LogP contribution < -0.4 is 9.80 Å². The molecule has 10 heteroatoms. The van der Waals surface area contributed by atoms with E-state index in [2.05, 4.69) is 15.9 Å². The summed E-state index contributed by atoms with van der Waals surface area (Å²) in [7, 11) is -3.57. The highest BCUT2D eigenvalue weighted by molar-refractivity contribution is 9.10. The van der Waals surface area contributed by atoms with E-state index >= 15 is 0 Å². The first-order valence-corrected chi connectivity index (χ1v) is 13.0. The zero-order valence-corrected chi connectivity index (χ0v) is 20.7. The molecule has 1 aliphatic heterocycles. The van der Waals surface area contributed by atoms with Gasteiger partial charge in [0.1, 0.15) is 17.5 Å². The average molecular weight is 553 g/mol. The van der Waals surface area contributed by atoms with Crippen LogP contribution in [-0.2, 0) is 22.8 Å². The number of benzene rings is 3. The lowest BCUT2D eigenvalue weighted by molar-refractivity contribution is 0.251. The molecule has 5 nitrogen and oxygen atoms in total. The van der Waals surface area contributed by atoms with Crippen molar-refractivity contribution in [2.45, 2.75) is 24.8 Å². The van der Waals surface area contributed by atoms with Crippen molar-refractivity contribution < 1.29 is 26.4 Å². The summed E-state index contributed by atoms with van der Waals surface area (Å²) in [5, 5.41) is 0. The normalized spacial score (nSPS) is 14.2. The van der Waals surface area contributed by atoms with Gasteiger partial charge in [0.05, 0.1) is 17.1 Å². The van der Waals surface area contributed by atoms with Crippen molar-refractivity contribution in [3.63, 3.8) is 0 Å². The zero-order valence-electron chi connectivity index (χ0n) is 18.3. The Morgan fingerprint density at radius 2 is 1.68 bits per heavy atom. The maximum atomic E-state index is 14.7. The topological polar surface area (TPSA) is 57.7 Å². The summed E-state index contributed by atoms with van der Waals surface area (Å²) in [6, 6.07) is 10.3. The Morgan fingerprint density at radius 1 is 1.00 bits per heavy atom. The summed E-state index contributed by atoms with van der Waals surface area (Å²) in [5.41, 5.74) is 0.871. The second-order valence-electron chi connectivity index (χ2n) is 8.08. The summed E-state index contributed by atoms with van der Waals surface area (Å²) in [5.74, 6) is -2.26. The van der Waals surface area contributed by atoms with Crippen molar-refractivity contribution >= 4 is 43.2 Å². The molecule has 3 aromatic rings. The van der Waals surface area contributed by atoms with E-state index in [1.165, 1.54) is 29.2 Å². The number of hydrogen-bond acceptors (Lipinski definition) is 3. The molecule has 0 atom stereocenters. The van der Waals surface area contributed by atoms with E-state index < -0.39 is 39.9 Å². The third-order valence-corrected chi connectivity index (χ3v) is 7.43. The summed E-state index contributed by atoms with van der Waals surface area (Å²) in [6.07, 6.45) is 1.19. The molecular formula is C24H20BrF3N2O3S. The van der Waals surface area contributed by atoms with Crippen LogP contribution in [0.4, 0.5) is 29.3 Å². The van der Waals surface area contributed by atoms with Gasteiger partial charge in [-0.2, -0.15) is 0 Å². The number of amides is 2. The summed E-state index contributed by atoms with van der Waals surface area (Å²) in [6.45, 7) is 1.20. The molecule has 2 amide bonds. The van der Waals surface area contributed by atoms with Gasteiger partial charge in [0, 0.05) is 34.1 Å². The van der Waals surface area contributed by atoms with Gasteiger partial charge >= 0.3 is 6.03 Å². The first kappa shape index (κ1) is 24.3. The number of urea groups is 1. The largest absolute Gasteiger partial charge is 0.329 e. The van der Waals surface area contributed by atoms with Crippen molar-refractivity contribution in [1.82, 2.24) is 0 Å². The fourth-order valence-electron chi connectivity index (χ4n) is 4.05. The summed E-state index contributed by atoms with van der Waals surface area (Å²) < 4.78 is 68.6. The molecule has 1 aliphatic rings. The molecule has 0 bridgehead atoms. The number of carbonyl (C=O) groups excluding carboxylic acids is 1. The summed E-state index contributed by atoms with van der Waals surface area (Å²) in [4.78, 5) is 16.1. The molecule has 1 heterocycles. The SMILES string of the molecule is Cc1ccc(N2CCc3c(F)cccc3N(Cc3c(F)cc(Br)cc3F)C2=O)cc1S(C)(=O)=O. The number of halogens is 4. The Kier molecular flexibility index (Phi) is 6.48. The lowest BCUT2D eigenvalue weighted by Gasteiger charge is -2.29. The van der Waals surface area contributed by atoms with Gasteiger partial charge in [0.25, 0.3) is 0 Å². The molecule has 34 heavy (non-hydrogen) atoms. The second kappa shape index (κ2) is 9.07. The van der Waals surface area contributed by atoms with E-state index in [4.69, 9.17) is 0 Å². The predicted octanol–water partition coefficient (Wildman–Crippen LogP) is 5.77. The van der Waals surface area contributed by atoms with Crippen molar-refractivity contribution in [1.29, 1.82) is 0 Å². The van der Waals surface area contributed by atoms with Crippen molar-refractivity contribution in [3.8, 4) is 0 Å². The number of fused-ring (bicyclic) bond motifs is 1. The molecule has 178 valence electrons. The van der Waals surface area contributed by atoms with E-state index in [1.807, 2.05) is 0 Å². The molecule has 0 spiro atoms. The predicted molar refractivity (Wildman–Crippen MR) is 127 cm³/mol. The van der Waals surface area contributed by atoms with Crippen molar-refractivity contribution in [3.05, 3.63) is 87.1 Å². The van der Waals surface area contributed by atoms with Gasteiger partial charge in [0.2, 0.25) is 0 Å². The van der Waals surface area contributed by atoms with E-state index in [0.717, 1.165) is 23.3 Å². The van der Waals surface area contributed by atoms with Crippen LogP contribution in [0.25, 0.3) is 0 Å².